The van der Waals surface area contributed by atoms with E-state index in [9.17, 15) is 4.79 Å². The third-order valence-electron chi connectivity index (χ3n) is 2.87. The first kappa shape index (κ1) is 9.25. The highest BCUT2D eigenvalue weighted by molar-refractivity contribution is 5.94. The summed E-state index contributed by atoms with van der Waals surface area (Å²) in [6.07, 6.45) is 1.01. The summed E-state index contributed by atoms with van der Waals surface area (Å²) in [5.74, 6) is 0.351. The van der Waals surface area contributed by atoms with Crippen LogP contribution in [0, 0.1) is 11.3 Å². The molecule has 1 atom stereocenters. The minimum absolute atomic E-state index is 0.154. The van der Waals surface area contributed by atoms with Crippen molar-refractivity contribution in [2.45, 2.75) is 20.3 Å². The summed E-state index contributed by atoms with van der Waals surface area (Å²) in [7, 11) is 0. The van der Waals surface area contributed by atoms with Crippen LogP contribution < -0.4 is 5.32 Å². The van der Waals surface area contributed by atoms with Gasteiger partial charge in [-0.3, -0.25) is 4.79 Å². The van der Waals surface area contributed by atoms with Crippen LogP contribution in [0.3, 0.4) is 0 Å². The second kappa shape index (κ2) is 3.12. The van der Waals surface area contributed by atoms with Gasteiger partial charge >= 0.3 is 0 Å². The molecule has 0 aliphatic heterocycles. The Bertz CT molecular complexity index is 343. The number of carbonyl (C=O) groups excluding carboxylic acids is 1. The van der Waals surface area contributed by atoms with E-state index in [1.54, 1.807) is 0 Å². The van der Waals surface area contributed by atoms with E-state index in [1.165, 1.54) is 0 Å². The van der Waals surface area contributed by atoms with Crippen LogP contribution in [-0.4, -0.2) is 5.91 Å². The predicted molar refractivity (Wildman–Crippen MR) is 57.0 cm³/mol. The fourth-order valence-electron chi connectivity index (χ4n) is 1.67. The van der Waals surface area contributed by atoms with E-state index in [4.69, 9.17) is 0 Å². The molecule has 1 aromatic rings. The molecular formula is C12H15NO. The Labute approximate surface area is 84.3 Å². The Morgan fingerprint density at radius 3 is 2.43 bits per heavy atom. The summed E-state index contributed by atoms with van der Waals surface area (Å²) < 4.78 is 0. The molecule has 0 heterocycles. The van der Waals surface area contributed by atoms with Crippen LogP contribution in [-0.2, 0) is 4.79 Å². The molecule has 2 nitrogen and oxygen atoms in total. The monoisotopic (exact) mass is 189 g/mol. The van der Waals surface area contributed by atoms with Gasteiger partial charge in [0.05, 0.1) is 0 Å². The normalized spacial score (nSPS) is 22.9. The molecule has 0 radical (unpaired) electrons. The molecule has 1 aromatic carbocycles. The molecule has 74 valence electrons. The van der Waals surface area contributed by atoms with E-state index in [0.29, 0.717) is 0 Å². The minimum atomic E-state index is 0.154. The SMILES string of the molecule is CC1(C)CC1C(=O)Nc1ccccc1. The Hall–Kier alpha value is -1.31. The van der Waals surface area contributed by atoms with E-state index in [-0.39, 0.29) is 17.2 Å². The minimum Gasteiger partial charge on any atom is -0.326 e. The molecule has 1 aliphatic carbocycles. The van der Waals surface area contributed by atoms with Gasteiger partial charge in [-0.25, -0.2) is 0 Å². The predicted octanol–water partition coefficient (Wildman–Crippen LogP) is 2.67. The van der Waals surface area contributed by atoms with E-state index in [2.05, 4.69) is 19.2 Å². The first-order valence-electron chi connectivity index (χ1n) is 4.95. The lowest BCUT2D eigenvalue weighted by atomic mass is 10.1. The highest BCUT2D eigenvalue weighted by atomic mass is 16.2. The Balaban J connectivity index is 1.97. The first-order valence-corrected chi connectivity index (χ1v) is 4.95. The van der Waals surface area contributed by atoms with Gasteiger partial charge in [-0.1, -0.05) is 32.0 Å². The van der Waals surface area contributed by atoms with Gasteiger partial charge in [0.2, 0.25) is 5.91 Å². The number of anilines is 1. The van der Waals surface area contributed by atoms with Gasteiger partial charge in [0.25, 0.3) is 0 Å². The number of nitrogens with one attached hydrogen (secondary N) is 1. The maximum atomic E-state index is 11.7. The number of para-hydroxylation sites is 1. The van der Waals surface area contributed by atoms with Crippen molar-refractivity contribution in [2.24, 2.45) is 11.3 Å². The lowest BCUT2D eigenvalue weighted by Gasteiger charge is -2.05. The Morgan fingerprint density at radius 1 is 1.36 bits per heavy atom. The smallest absolute Gasteiger partial charge is 0.228 e. The Kier molecular flexibility index (Phi) is 2.06. The van der Waals surface area contributed by atoms with Crippen LogP contribution >= 0.6 is 0 Å². The first-order chi connectivity index (χ1) is 6.59. The average Bonchev–Trinajstić information content (AvgIpc) is 2.77. The van der Waals surface area contributed by atoms with Crippen molar-refractivity contribution >= 4 is 11.6 Å². The second-order valence-electron chi connectivity index (χ2n) is 4.60. The van der Waals surface area contributed by atoms with E-state index in [1.807, 2.05) is 30.3 Å². The van der Waals surface area contributed by atoms with Crippen LogP contribution in [0.25, 0.3) is 0 Å². The highest BCUT2D eigenvalue weighted by Gasteiger charge is 2.50. The van der Waals surface area contributed by atoms with Gasteiger partial charge in [-0.05, 0) is 24.0 Å². The number of rotatable bonds is 2. The molecule has 1 amide bonds. The van der Waals surface area contributed by atoms with Gasteiger partial charge in [-0.2, -0.15) is 0 Å². The van der Waals surface area contributed by atoms with Crippen molar-refractivity contribution in [1.29, 1.82) is 0 Å². The molecule has 0 bridgehead atoms. The van der Waals surface area contributed by atoms with Gasteiger partial charge in [0, 0.05) is 11.6 Å². The summed E-state index contributed by atoms with van der Waals surface area (Å²) in [6, 6.07) is 9.61. The summed E-state index contributed by atoms with van der Waals surface area (Å²) in [4.78, 5) is 11.7. The molecule has 0 spiro atoms. The largest absolute Gasteiger partial charge is 0.326 e. The van der Waals surface area contributed by atoms with E-state index >= 15 is 0 Å². The van der Waals surface area contributed by atoms with Gasteiger partial charge in [-0.15, -0.1) is 0 Å². The molecule has 14 heavy (non-hydrogen) atoms. The third kappa shape index (κ3) is 1.79. The number of amides is 1. The van der Waals surface area contributed by atoms with Gasteiger partial charge < -0.3 is 5.32 Å². The summed E-state index contributed by atoms with van der Waals surface area (Å²) in [5, 5.41) is 2.92. The second-order valence-corrected chi connectivity index (χ2v) is 4.60. The summed E-state index contributed by atoms with van der Waals surface area (Å²) >= 11 is 0. The zero-order chi connectivity index (χ0) is 10.2. The lowest BCUT2D eigenvalue weighted by molar-refractivity contribution is -0.117. The Morgan fingerprint density at radius 2 is 1.93 bits per heavy atom. The molecule has 1 N–H and O–H groups in total. The summed E-state index contributed by atoms with van der Waals surface area (Å²) in [5.41, 5.74) is 1.10. The lowest BCUT2D eigenvalue weighted by Crippen LogP contribution is -2.16. The summed E-state index contributed by atoms with van der Waals surface area (Å²) in [6.45, 7) is 4.25. The van der Waals surface area contributed by atoms with Crippen LogP contribution in [0.1, 0.15) is 20.3 Å². The third-order valence-corrected chi connectivity index (χ3v) is 2.87. The van der Waals surface area contributed by atoms with Crippen molar-refractivity contribution in [2.75, 3.05) is 5.32 Å². The molecule has 1 saturated carbocycles. The topological polar surface area (TPSA) is 29.1 Å². The van der Waals surface area contributed by atoms with E-state index in [0.717, 1.165) is 12.1 Å². The van der Waals surface area contributed by atoms with Crippen molar-refractivity contribution < 1.29 is 4.79 Å². The molecule has 0 saturated heterocycles. The number of hydrogen-bond donors (Lipinski definition) is 1. The average molecular weight is 189 g/mol. The number of carbonyl (C=O) groups is 1. The van der Waals surface area contributed by atoms with Gasteiger partial charge in [0.1, 0.15) is 0 Å². The van der Waals surface area contributed by atoms with Crippen LogP contribution in [0.5, 0.6) is 0 Å². The van der Waals surface area contributed by atoms with Crippen LogP contribution in [0.2, 0.25) is 0 Å². The molecule has 1 aliphatic rings. The number of hydrogen-bond acceptors (Lipinski definition) is 1. The van der Waals surface area contributed by atoms with Crippen molar-refractivity contribution in [1.82, 2.24) is 0 Å². The quantitative estimate of drug-likeness (QED) is 0.761. The van der Waals surface area contributed by atoms with Crippen molar-refractivity contribution in [3.05, 3.63) is 30.3 Å². The molecule has 2 heteroatoms. The van der Waals surface area contributed by atoms with Crippen molar-refractivity contribution in [3.8, 4) is 0 Å². The highest BCUT2D eigenvalue weighted by Crippen LogP contribution is 2.51. The van der Waals surface area contributed by atoms with Gasteiger partial charge in [0.15, 0.2) is 0 Å². The fraction of sp³-hybridized carbons (Fsp3) is 0.417. The van der Waals surface area contributed by atoms with Crippen LogP contribution in [0.15, 0.2) is 30.3 Å². The molecule has 1 unspecified atom stereocenters. The fourth-order valence-corrected chi connectivity index (χ4v) is 1.67. The van der Waals surface area contributed by atoms with Crippen molar-refractivity contribution in [3.63, 3.8) is 0 Å². The molecular weight excluding hydrogens is 174 g/mol. The molecule has 0 aromatic heterocycles. The standard InChI is InChI=1S/C12H15NO/c1-12(2)8-10(12)11(14)13-9-6-4-3-5-7-9/h3-7,10H,8H2,1-2H3,(H,13,14). The van der Waals surface area contributed by atoms with E-state index < -0.39 is 0 Å². The maximum absolute atomic E-state index is 11.7. The zero-order valence-electron chi connectivity index (χ0n) is 8.58. The zero-order valence-corrected chi connectivity index (χ0v) is 8.58. The maximum Gasteiger partial charge on any atom is 0.228 e. The molecule has 1 fully saturated rings. The van der Waals surface area contributed by atoms with Crippen LogP contribution in [0.4, 0.5) is 5.69 Å². The number of benzene rings is 1. The molecule has 2 rings (SSSR count).